The molecule has 4 nitrogen and oxygen atoms in total. The van der Waals surface area contributed by atoms with Crippen LogP contribution in [0.5, 0.6) is 0 Å². The Hall–Kier alpha value is -2.79. The smallest absolute Gasteiger partial charge is 0.106 e. The molecule has 0 amide bonds. The lowest BCUT2D eigenvalue weighted by molar-refractivity contribution is -0.0979. The zero-order chi connectivity index (χ0) is 27.0. The second-order valence-corrected chi connectivity index (χ2v) is 9.43. The van der Waals surface area contributed by atoms with E-state index in [0.29, 0.717) is 12.6 Å². The van der Waals surface area contributed by atoms with Gasteiger partial charge in [-0.3, -0.25) is 0 Å². The first-order valence-corrected chi connectivity index (χ1v) is 13.6. The summed E-state index contributed by atoms with van der Waals surface area (Å²) in [6.45, 7) is 6.18. The van der Waals surface area contributed by atoms with E-state index in [4.69, 9.17) is 15.3 Å². The Kier molecular flexibility index (Phi) is 19.5. The predicted molar refractivity (Wildman–Crippen MR) is 158 cm³/mol. The van der Waals surface area contributed by atoms with E-state index >= 15 is 0 Å². The SMILES string of the molecule is C=O.CC1CCCN1.COCc1ccccc1.NC(CCCc1ccccc1)CCCc1ccccc1. The number of benzene rings is 3. The van der Waals surface area contributed by atoms with Gasteiger partial charge in [-0.2, -0.15) is 0 Å². The molecule has 0 saturated carbocycles. The largest absolute Gasteiger partial charge is 0.380 e. The molecule has 0 aromatic heterocycles. The van der Waals surface area contributed by atoms with Crippen LogP contribution < -0.4 is 11.1 Å². The van der Waals surface area contributed by atoms with Crippen LogP contribution in [0.25, 0.3) is 0 Å². The van der Waals surface area contributed by atoms with E-state index < -0.39 is 0 Å². The Balaban J connectivity index is 0.000000329. The van der Waals surface area contributed by atoms with Crippen LogP contribution in [0, 0.1) is 0 Å². The Morgan fingerprint density at radius 3 is 1.57 bits per heavy atom. The summed E-state index contributed by atoms with van der Waals surface area (Å²) in [5, 5.41) is 3.32. The van der Waals surface area contributed by atoms with Gasteiger partial charge in [-0.25, -0.2) is 0 Å². The van der Waals surface area contributed by atoms with Gasteiger partial charge in [0.2, 0.25) is 0 Å². The first-order valence-electron chi connectivity index (χ1n) is 13.6. The fourth-order valence-corrected chi connectivity index (χ4v) is 4.17. The van der Waals surface area contributed by atoms with Crippen molar-refractivity contribution in [3.63, 3.8) is 0 Å². The zero-order valence-corrected chi connectivity index (χ0v) is 23.0. The van der Waals surface area contributed by atoms with Crippen LogP contribution >= 0.6 is 0 Å². The Morgan fingerprint density at radius 1 is 0.811 bits per heavy atom. The van der Waals surface area contributed by atoms with Crippen molar-refractivity contribution in [2.24, 2.45) is 5.73 Å². The number of nitrogens with two attached hydrogens (primary N) is 1. The topological polar surface area (TPSA) is 64.3 Å². The highest BCUT2D eigenvalue weighted by Crippen LogP contribution is 2.11. The van der Waals surface area contributed by atoms with Crippen LogP contribution in [-0.4, -0.2) is 32.5 Å². The van der Waals surface area contributed by atoms with Gasteiger partial charge in [0.05, 0.1) is 6.61 Å². The summed E-state index contributed by atoms with van der Waals surface area (Å²) in [6.07, 6.45) is 9.68. The van der Waals surface area contributed by atoms with Crippen molar-refractivity contribution >= 4 is 6.79 Å². The fourth-order valence-electron chi connectivity index (χ4n) is 4.17. The Labute approximate surface area is 225 Å². The molecule has 1 aliphatic rings. The first kappa shape index (κ1) is 32.2. The molecule has 3 aromatic rings. The van der Waals surface area contributed by atoms with E-state index in [1.54, 1.807) is 7.11 Å². The van der Waals surface area contributed by atoms with Crippen LogP contribution in [-0.2, 0) is 29.0 Å². The number of carbonyl (C=O) groups is 1. The van der Waals surface area contributed by atoms with Gasteiger partial charge in [0, 0.05) is 19.2 Å². The second kappa shape index (κ2) is 22.4. The minimum atomic E-state index is 0.349. The number of hydrogen-bond acceptors (Lipinski definition) is 4. The quantitative estimate of drug-likeness (QED) is 0.320. The van der Waals surface area contributed by atoms with Gasteiger partial charge < -0.3 is 20.6 Å². The molecule has 3 aromatic carbocycles. The minimum absolute atomic E-state index is 0.349. The maximum absolute atomic E-state index is 8.00. The van der Waals surface area contributed by atoms with Gasteiger partial charge >= 0.3 is 0 Å². The summed E-state index contributed by atoms with van der Waals surface area (Å²) in [5.74, 6) is 0. The molecule has 0 aliphatic carbocycles. The van der Waals surface area contributed by atoms with E-state index in [-0.39, 0.29) is 0 Å². The van der Waals surface area contributed by atoms with E-state index in [2.05, 4.69) is 72.9 Å². The van der Waals surface area contributed by atoms with E-state index in [0.717, 1.165) is 31.7 Å². The fraction of sp³-hybridized carbons (Fsp3) is 0.424. The summed E-state index contributed by atoms with van der Waals surface area (Å²) in [7, 11) is 1.70. The van der Waals surface area contributed by atoms with Gasteiger partial charge in [0.15, 0.2) is 0 Å². The molecule has 37 heavy (non-hydrogen) atoms. The van der Waals surface area contributed by atoms with Crippen molar-refractivity contribution in [1.82, 2.24) is 5.32 Å². The summed E-state index contributed by atoms with van der Waals surface area (Å²) in [5.41, 5.74) is 10.3. The molecule has 1 saturated heterocycles. The summed E-state index contributed by atoms with van der Waals surface area (Å²) < 4.78 is 4.93. The number of hydrogen-bond donors (Lipinski definition) is 2. The Bertz CT molecular complexity index is 823. The average Bonchev–Trinajstić information content (AvgIpc) is 3.43. The monoisotopic (exact) mass is 504 g/mol. The van der Waals surface area contributed by atoms with Gasteiger partial charge in [-0.1, -0.05) is 91.0 Å². The molecular formula is C33H48N2O2. The molecule has 1 atom stereocenters. The third-order valence-corrected chi connectivity index (χ3v) is 6.23. The minimum Gasteiger partial charge on any atom is -0.380 e. The van der Waals surface area contributed by atoms with Crippen LogP contribution in [0.4, 0.5) is 0 Å². The molecule has 0 spiro atoms. The highest BCUT2D eigenvalue weighted by atomic mass is 16.5. The van der Waals surface area contributed by atoms with Crippen LogP contribution in [0.1, 0.15) is 62.1 Å². The molecular weight excluding hydrogens is 456 g/mol. The maximum Gasteiger partial charge on any atom is 0.106 e. The van der Waals surface area contributed by atoms with Crippen LogP contribution in [0.2, 0.25) is 0 Å². The molecule has 1 aliphatic heterocycles. The molecule has 1 fully saturated rings. The zero-order valence-electron chi connectivity index (χ0n) is 23.0. The number of carbonyl (C=O) groups excluding carboxylic acids is 1. The highest BCUT2D eigenvalue weighted by molar-refractivity contribution is 5.15. The van der Waals surface area contributed by atoms with Crippen molar-refractivity contribution in [2.75, 3.05) is 13.7 Å². The molecule has 0 bridgehead atoms. The number of rotatable bonds is 10. The Morgan fingerprint density at radius 2 is 1.24 bits per heavy atom. The lowest BCUT2D eigenvalue weighted by Gasteiger charge is -2.11. The first-order chi connectivity index (χ1) is 18.2. The molecule has 0 radical (unpaired) electrons. The van der Waals surface area contributed by atoms with Crippen molar-refractivity contribution in [3.8, 4) is 0 Å². The lowest BCUT2D eigenvalue weighted by atomic mass is 10.00. The molecule has 1 unspecified atom stereocenters. The number of nitrogens with one attached hydrogen (secondary N) is 1. The third-order valence-electron chi connectivity index (χ3n) is 6.23. The number of aryl methyl sites for hydroxylation is 2. The molecule has 4 heteroatoms. The summed E-state index contributed by atoms with van der Waals surface area (Å²) >= 11 is 0. The molecule has 202 valence electrons. The van der Waals surface area contributed by atoms with Gasteiger partial charge in [-0.15, -0.1) is 0 Å². The summed E-state index contributed by atoms with van der Waals surface area (Å²) in [6, 6.07) is 32.6. The van der Waals surface area contributed by atoms with Gasteiger partial charge in [0.25, 0.3) is 0 Å². The molecule has 4 rings (SSSR count). The highest BCUT2D eigenvalue weighted by Gasteiger charge is 2.05. The third kappa shape index (κ3) is 17.3. The average molecular weight is 505 g/mol. The lowest BCUT2D eigenvalue weighted by Crippen LogP contribution is -2.20. The standard InChI is InChI=1S/C19H25N.C8H10O.C5H11N.CH2O/c20-19(15-7-13-17-9-3-1-4-10-17)16-8-14-18-11-5-2-6-12-18;1-9-7-8-5-3-2-4-6-8;1-5-3-2-4-6-5;1-2/h1-6,9-12,19H,7-8,13-16,20H2;2-6H,7H2,1H3;5-6H,2-4H2,1H3;1H2. The van der Waals surface area contributed by atoms with Crippen molar-refractivity contribution in [2.45, 2.75) is 77.0 Å². The van der Waals surface area contributed by atoms with Gasteiger partial charge in [0.1, 0.15) is 6.79 Å². The van der Waals surface area contributed by atoms with E-state index in [9.17, 15) is 0 Å². The maximum atomic E-state index is 8.00. The van der Waals surface area contributed by atoms with Gasteiger partial charge in [-0.05, 0) is 81.5 Å². The molecule has 1 heterocycles. The number of methoxy groups -OCH3 is 1. The predicted octanol–water partition coefficient (Wildman–Crippen LogP) is 6.77. The van der Waals surface area contributed by atoms with E-state index in [1.165, 1.54) is 48.9 Å². The van der Waals surface area contributed by atoms with Crippen LogP contribution in [0.15, 0.2) is 91.0 Å². The van der Waals surface area contributed by atoms with Crippen molar-refractivity contribution in [3.05, 3.63) is 108 Å². The second-order valence-electron chi connectivity index (χ2n) is 9.43. The normalized spacial score (nSPS) is 13.9. The van der Waals surface area contributed by atoms with Crippen molar-refractivity contribution in [1.29, 1.82) is 0 Å². The van der Waals surface area contributed by atoms with Crippen LogP contribution in [0.3, 0.4) is 0 Å². The number of ether oxygens (including phenoxy) is 1. The molecule has 3 N–H and O–H groups in total. The van der Waals surface area contributed by atoms with Crippen molar-refractivity contribution < 1.29 is 9.53 Å². The van der Waals surface area contributed by atoms with E-state index in [1.807, 2.05) is 37.1 Å². The summed E-state index contributed by atoms with van der Waals surface area (Å²) in [4.78, 5) is 8.00.